The van der Waals surface area contributed by atoms with Crippen LogP contribution in [0.1, 0.15) is 21.7 Å². The highest BCUT2D eigenvalue weighted by molar-refractivity contribution is 7.21. The van der Waals surface area contributed by atoms with Gasteiger partial charge in [0.05, 0.1) is 33.4 Å². The van der Waals surface area contributed by atoms with Gasteiger partial charge >= 0.3 is 0 Å². The number of pyridine rings is 1. The summed E-state index contributed by atoms with van der Waals surface area (Å²) in [5.74, 6) is 0.727. The number of thiophene rings is 1. The van der Waals surface area contributed by atoms with Gasteiger partial charge in [0.1, 0.15) is 10.6 Å². The molecule has 0 unspecified atom stereocenters. The van der Waals surface area contributed by atoms with Gasteiger partial charge in [0.2, 0.25) is 0 Å². The van der Waals surface area contributed by atoms with E-state index in [-0.39, 0.29) is 5.78 Å². The zero-order valence-electron chi connectivity index (χ0n) is 16.1. The van der Waals surface area contributed by atoms with Crippen molar-refractivity contribution in [3.8, 4) is 17.0 Å². The fraction of sp³-hybridized carbons (Fsp3) is 0.130. The van der Waals surface area contributed by atoms with Crippen molar-refractivity contribution < 1.29 is 9.53 Å². The van der Waals surface area contributed by atoms with Crippen molar-refractivity contribution in [2.24, 2.45) is 0 Å². The summed E-state index contributed by atoms with van der Waals surface area (Å²) in [6.45, 7) is 0. The number of ketones is 1. The number of ether oxygens (including phenoxy) is 1. The maximum atomic E-state index is 12.9. The second kappa shape index (κ2) is 8.64. The van der Waals surface area contributed by atoms with E-state index in [0.29, 0.717) is 33.5 Å². The van der Waals surface area contributed by atoms with Crippen LogP contribution in [0.15, 0.2) is 54.6 Å². The minimum Gasteiger partial charge on any atom is -0.497 e. The number of anilines is 1. The molecule has 30 heavy (non-hydrogen) atoms. The summed E-state index contributed by atoms with van der Waals surface area (Å²) in [7, 11) is 1.63. The van der Waals surface area contributed by atoms with Crippen molar-refractivity contribution >= 4 is 56.2 Å². The van der Waals surface area contributed by atoms with Gasteiger partial charge in [-0.3, -0.25) is 4.79 Å². The van der Waals surface area contributed by atoms with Crippen LogP contribution in [-0.2, 0) is 6.42 Å². The molecule has 0 amide bonds. The van der Waals surface area contributed by atoms with Gasteiger partial charge in [-0.05, 0) is 42.3 Å². The standard InChI is InChI=1S/C23H18Cl2N2O2S/c1-29-15-6-2-5-14(12-15)18-10-9-16-21(26)22(30-23(16)27-18)19(28)11-8-13-4-3-7-17(24)20(13)25/h2-7,9-10,12H,8,11,26H2,1H3. The molecule has 4 nitrogen and oxygen atoms in total. The van der Waals surface area contributed by atoms with Crippen molar-refractivity contribution in [3.05, 3.63) is 75.1 Å². The van der Waals surface area contributed by atoms with Crippen LogP contribution in [0.5, 0.6) is 5.75 Å². The molecule has 0 radical (unpaired) electrons. The number of nitrogens with zero attached hydrogens (tertiary/aromatic N) is 1. The summed E-state index contributed by atoms with van der Waals surface area (Å²) >= 11 is 13.6. The van der Waals surface area contributed by atoms with E-state index in [2.05, 4.69) is 0 Å². The first-order chi connectivity index (χ1) is 14.5. The number of benzene rings is 2. The molecule has 2 N–H and O–H groups in total. The van der Waals surface area contributed by atoms with E-state index in [9.17, 15) is 4.79 Å². The Morgan fingerprint density at radius 1 is 1.13 bits per heavy atom. The maximum Gasteiger partial charge on any atom is 0.175 e. The Bertz CT molecular complexity index is 1250. The first-order valence-electron chi connectivity index (χ1n) is 9.27. The topological polar surface area (TPSA) is 65.2 Å². The Balaban J connectivity index is 1.60. The molecule has 2 heterocycles. The average molecular weight is 457 g/mol. The number of hydrogen-bond donors (Lipinski definition) is 1. The fourth-order valence-electron chi connectivity index (χ4n) is 3.25. The summed E-state index contributed by atoms with van der Waals surface area (Å²) in [4.78, 5) is 18.8. The van der Waals surface area contributed by atoms with E-state index >= 15 is 0 Å². The number of aromatic nitrogens is 1. The first-order valence-corrected chi connectivity index (χ1v) is 10.8. The molecule has 0 atom stereocenters. The molecule has 0 aliphatic rings. The van der Waals surface area contributed by atoms with Crippen molar-refractivity contribution in [2.75, 3.05) is 12.8 Å². The molecular formula is C23H18Cl2N2O2S. The van der Waals surface area contributed by atoms with Gasteiger partial charge in [-0.25, -0.2) is 4.98 Å². The summed E-state index contributed by atoms with van der Waals surface area (Å²) in [6, 6.07) is 16.9. The predicted molar refractivity (Wildman–Crippen MR) is 125 cm³/mol. The molecule has 2 aromatic carbocycles. The zero-order chi connectivity index (χ0) is 21.3. The molecular weight excluding hydrogens is 439 g/mol. The third-order valence-corrected chi connectivity index (χ3v) is 6.88. The number of nitrogens with two attached hydrogens (primary N) is 1. The molecule has 0 fully saturated rings. The summed E-state index contributed by atoms with van der Waals surface area (Å²) in [5, 5.41) is 1.76. The number of halogens is 2. The number of aryl methyl sites for hydroxylation is 1. The molecule has 152 valence electrons. The van der Waals surface area contributed by atoms with E-state index in [1.807, 2.05) is 48.5 Å². The number of nitrogen functional groups attached to an aromatic ring is 1. The molecule has 0 aliphatic heterocycles. The number of Topliss-reactive ketones (excluding diaryl/α,β-unsaturated/α-hetero) is 1. The SMILES string of the molecule is COc1cccc(-c2ccc3c(N)c(C(=O)CCc4cccc(Cl)c4Cl)sc3n2)c1. The van der Waals surface area contributed by atoms with E-state index in [0.717, 1.165) is 32.8 Å². The average Bonchev–Trinajstić information content (AvgIpc) is 3.10. The van der Waals surface area contributed by atoms with Crippen LogP contribution in [-0.4, -0.2) is 17.9 Å². The predicted octanol–water partition coefficient (Wildman–Crippen LogP) is 6.68. The summed E-state index contributed by atoms with van der Waals surface area (Å²) in [5.41, 5.74) is 9.33. The Morgan fingerprint density at radius 2 is 1.93 bits per heavy atom. The normalized spacial score (nSPS) is 11.0. The molecule has 0 bridgehead atoms. The van der Waals surface area contributed by atoms with E-state index < -0.39 is 0 Å². The number of rotatable bonds is 6. The molecule has 0 saturated carbocycles. The molecule has 4 aromatic rings. The molecule has 0 spiro atoms. The highest BCUT2D eigenvalue weighted by atomic mass is 35.5. The Labute approximate surface area is 188 Å². The van der Waals surface area contributed by atoms with Crippen LogP contribution in [0.3, 0.4) is 0 Å². The lowest BCUT2D eigenvalue weighted by Gasteiger charge is -2.05. The van der Waals surface area contributed by atoms with Gasteiger partial charge in [0.25, 0.3) is 0 Å². The monoisotopic (exact) mass is 456 g/mol. The fourth-order valence-corrected chi connectivity index (χ4v) is 4.73. The smallest absolute Gasteiger partial charge is 0.175 e. The van der Waals surface area contributed by atoms with Crippen molar-refractivity contribution in [1.82, 2.24) is 4.98 Å². The lowest BCUT2D eigenvalue weighted by Crippen LogP contribution is -2.02. The molecule has 4 rings (SSSR count). The van der Waals surface area contributed by atoms with Crippen molar-refractivity contribution in [3.63, 3.8) is 0 Å². The number of methoxy groups -OCH3 is 1. The minimum absolute atomic E-state index is 0.0329. The Morgan fingerprint density at radius 3 is 2.73 bits per heavy atom. The van der Waals surface area contributed by atoms with Gasteiger partial charge in [0.15, 0.2) is 5.78 Å². The number of fused-ring (bicyclic) bond motifs is 1. The van der Waals surface area contributed by atoms with Crippen molar-refractivity contribution in [1.29, 1.82) is 0 Å². The van der Waals surface area contributed by atoms with Gasteiger partial charge in [-0.1, -0.05) is 47.5 Å². The second-order valence-electron chi connectivity index (χ2n) is 6.76. The van der Waals surface area contributed by atoms with Crippen molar-refractivity contribution in [2.45, 2.75) is 12.8 Å². The molecule has 2 aromatic heterocycles. The lowest BCUT2D eigenvalue weighted by molar-refractivity contribution is 0.0987. The van der Waals surface area contributed by atoms with Crippen LogP contribution in [0.2, 0.25) is 10.0 Å². The van der Waals surface area contributed by atoms with E-state index in [1.54, 1.807) is 13.2 Å². The maximum absolute atomic E-state index is 12.9. The Kier molecular flexibility index (Phi) is 5.95. The second-order valence-corrected chi connectivity index (χ2v) is 8.55. The highest BCUT2D eigenvalue weighted by Gasteiger charge is 2.18. The first kappa shape index (κ1) is 20.7. The third kappa shape index (κ3) is 4.01. The minimum atomic E-state index is -0.0329. The van der Waals surface area contributed by atoms with Gasteiger partial charge < -0.3 is 10.5 Å². The van der Waals surface area contributed by atoms with Gasteiger partial charge in [0, 0.05) is 17.4 Å². The number of hydrogen-bond acceptors (Lipinski definition) is 5. The molecule has 7 heteroatoms. The molecule has 0 saturated heterocycles. The van der Waals surface area contributed by atoms with E-state index in [4.69, 9.17) is 38.7 Å². The number of carbonyl (C=O) groups excluding carboxylic acids is 1. The van der Waals surface area contributed by atoms with E-state index in [1.165, 1.54) is 11.3 Å². The quantitative estimate of drug-likeness (QED) is 0.328. The summed E-state index contributed by atoms with van der Waals surface area (Å²) in [6.07, 6.45) is 0.786. The highest BCUT2D eigenvalue weighted by Crippen LogP contribution is 2.36. The largest absolute Gasteiger partial charge is 0.497 e. The Hall–Kier alpha value is -2.60. The zero-order valence-corrected chi connectivity index (χ0v) is 18.4. The number of carbonyl (C=O) groups is 1. The van der Waals surface area contributed by atoms with Crippen LogP contribution in [0, 0.1) is 0 Å². The van der Waals surface area contributed by atoms with Crippen LogP contribution >= 0.6 is 34.5 Å². The molecule has 0 aliphatic carbocycles. The van der Waals surface area contributed by atoms with Crippen LogP contribution < -0.4 is 10.5 Å². The lowest BCUT2D eigenvalue weighted by atomic mass is 10.1. The van der Waals surface area contributed by atoms with Crippen LogP contribution in [0.25, 0.3) is 21.5 Å². The summed E-state index contributed by atoms with van der Waals surface area (Å²) < 4.78 is 5.29. The van der Waals surface area contributed by atoms with Crippen LogP contribution in [0.4, 0.5) is 5.69 Å². The van der Waals surface area contributed by atoms with Gasteiger partial charge in [-0.2, -0.15) is 0 Å². The van der Waals surface area contributed by atoms with Gasteiger partial charge in [-0.15, -0.1) is 11.3 Å². The third-order valence-electron chi connectivity index (χ3n) is 4.87.